The number of methoxy groups -OCH3 is 1. The minimum atomic E-state index is -0.442. The number of nitrogens with one attached hydrogen (secondary N) is 2. The molecule has 0 saturated carbocycles. The molecule has 0 fully saturated rings. The topological polar surface area (TPSA) is 93.0 Å². The zero-order valence-electron chi connectivity index (χ0n) is 20.0. The third-order valence-electron chi connectivity index (χ3n) is 6.75. The normalized spacial score (nSPS) is 15.3. The quantitative estimate of drug-likeness (QED) is 0.345. The van der Waals surface area contributed by atoms with Crippen molar-refractivity contribution in [3.05, 3.63) is 78.1 Å². The molecule has 0 saturated heterocycles. The van der Waals surface area contributed by atoms with Gasteiger partial charge in [-0.05, 0) is 49.0 Å². The summed E-state index contributed by atoms with van der Waals surface area (Å²) in [7, 11) is 1.66. The van der Waals surface area contributed by atoms with E-state index in [1.807, 2.05) is 0 Å². The Balaban J connectivity index is 1.40. The summed E-state index contributed by atoms with van der Waals surface area (Å²) in [6.45, 7) is 4.75. The maximum atomic E-state index is 14.0. The minimum absolute atomic E-state index is 0.151. The van der Waals surface area contributed by atoms with Crippen LogP contribution in [0.15, 0.2) is 55.5 Å². The van der Waals surface area contributed by atoms with Crippen molar-refractivity contribution in [2.45, 2.75) is 31.7 Å². The fourth-order valence-electron chi connectivity index (χ4n) is 4.92. The molecule has 36 heavy (non-hydrogen) atoms. The number of anilines is 1. The van der Waals surface area contributed by atoms with Gasteiger partial charge in [0.2, 0.25) is 5.95 Å². The number of aromatic nitrogens is 6. The number of aromatic amines is 1. The predicted octanol–water partition coefficient (Wildman–Crippen LogP) is 4.83. The van der Waals surface area contributed by atoms with Gasteiger partial charge in [0.15, 0.2) is 11.5 Å². The Morgan fingerprint density at radius 1 is 1.25 bits per heavy atom. The molecular weight excluding hydrogens is 457 g/mol. The summed E-state index contributed by atoms with van der Waals surface area (Å²) in [6, 6.07) is 9.94. The third kappa shape index (κ3) is 4.01. The van der Waals surface area contributed by atoms with Crippen LogP contribution in [0.5, 0.6) is 0 Å². The molecule has 4 aromatic heterocycles. The molecule has 0 radical (unpaired) electrons. The van der Waals surface area contributed by atoms with E-state index < -0.39 is 5.82 Å². The van der Waals surface area contributed by atoms with Crippen molar-refractivity contribution in [1.82, 2.24) is 29.5 Å². The second-order valence-electron chi connectivity index (χ2n) is 9.11. The number of pyridine rings is 1. The summed E-state index contributed by atoms with van der Waals surface area (Å²) in [5.41, 5.74) is 6.58. The number of nitrogens with zero attached hydrogens (tertiary/aromatic N) is 5. The largest absolute Gasteiger partial charge is 0.384 e. The number of rotatable bonds is 7. The fourth-order valence-corrected chi connectivity index (χ4v) is 4.92. The van der Waals surface area contributed by atoms with E-state index in [0.717, 1.165) is 30.4 Å². The second-order valence-corrected chi connectivity index (χ2v) is 9.11. The summed E-state index contributed by atoms with van der Waals surface area (Å²) in [5, 5.41) is 9.45. The monoisotopic (exact) mass is 483 g/mol. The van der Waals surface area contributed by atoms with Gasteiger partial charge in [0.1, 0.15) is 5.82 Å². The Hall–Kier alpha value is -4.11. The smallest absolute Gasteiger partial charge is 0.228 e. The van der Waals surface area contributed by atoms with Crippen molar-refractivity contribution in [2.24, 2.45) is 0 Å². The van der Waals surface area contributed by atoms with E-state index in [0.29, 0.717) is 36.0 Å². The maximum Gasteiger partial charge on any atom is 0.228 e. The van der Waals surface area contributed by atoms with Gasteiger partial charge in [0.25, 0.3) is 0 Å². The van der Waals surface area contributed by atoms with Gasteiger partial charge in [-0.15, -0.1) is 0 Å². The molecule has 2 N–H and O–H groups in total. The first-order valence-electron chi connectivity index (χ1n) is 12.0. The lowest BCUT2D eigenvalue weighted by Gasteiger charge is -2.24. The van der Waals surface area contributed by atoms with E-state index in [1.54, 1.807) is 24.0 Å². The van der Waals surface area contributed by atoms with Crippen LogP contribution < -0.4 is 5.32 Å². The molecule has 6 rings (SSSR count). The van der Waals surface area contributed by atoms with Crippen molar-refractivity contribution in [1.29, 1.82) is 0 Å². The number of benzene rings is 1. The average Bonchev–Trinajstić information content (AvgIpc) is 3.49. The standard InChI is InChI=1S/C27H26FN7O/c1-16(9-10-36-2)22-15-30-35-26(22)33-25(17-11-18(28)14-29-13-17)34-27(35)31-19-7-8-24-21(12-19)20-5-3-4-6-23(20)32-24/h3-6,11,13-15,19,32H,1,7-10,12H2,2H3,(H,31,33,34)/t19-/m1/s1. The molecule has 0 aliphatic heterocycles. The Morgan fingerprint density at radius 2 is 2.14 bits per heavy atom. The van der Waals surface area contributed by atoms with Crippen LogP contribution in [-0.2, 0) is 17.6 Å². The summed E-state index contributed by atoms with van der Waals surface area (Å²) >= 11 is 0. The van der Waals surface area contributed by atoms with Crippen molar-refractivity contribution in [3.8, 4) is 11.4 Å². The first kappa shape index (κ1) is 22.4. The van der Waals surface area contributed by atoms with Crippen LogP contribution in [-0.4, -0.2) is 49.3 Å². The first-order chi connectivity index (χ1) is 17.6. The Kier molecular flexibility index (Phi) is 5.69. The molecule has 0 spiro atoms. The number of hydrogen-bond acceptors (Lipinski definition) is 6. The second kappa shape index (κ2) is 9.16. The van der Waals surface area contributed by atoms with Gasteiger partial charge in [-0.3, -0.25) is 4.98 Å². The Labute approximate surface area is 207 Å². The number of hydrogen-bond donors (Lipinski definition) is 2. The summed E-state index contributed by atoms with van der Waals surface area (Å²) < 4.78 is 20.9. The van der Waals surface area contributed by atoms with Crippen molar-refractivity contribution >= 4 is 28.1 Å². The lowest BCUT2D eigenvalue weighted by atomic mass is 9.91. The zero-order chi connectivity index (χ0) is 24.6. The van der Waals surface area contributed by atoms with Crippen LogP contribution in [0.3, 0.4) is 0 Å². The highest BCUT2D eigenvalue weighted by Gasteiger charge is 2.24. The van der Waals surface area contributed by atoms with Gasteiger partial charge in [0, 0.05) is 47.1 Å². The highest BCUT2D eigenvalue weighted by molar-refractivity contribution is 5.85. The zero-order valence-corrected chi connectivity index (χ0v) is 20.0. The summed E-state index contributed by atoms with van der Waals surface area (Å²) in [6.07, 6.45) is 7.86. The summed E-state index contributed by atoms with van der Waals surface area (Å²) in [5.74, 6) is 0.489. The van der Waals surface area contributed by atoms with Gasteiger partial charge in [0.05, 0.1) is 19.0 Å². The van der Waals surface area contributed by atoms with Crippen LogP contribution in [0.4, 0.5) is 10.3 Å². The molecule has 0 bridgehead atoms. The van der Waals surface area contributed by atoms with Gasteiger partial charge in [-0.25, -0.2) is 9.37 Å². The highest BCUT2D eigenvalue weighted by Crippen LogP contribution is 2.31. The Bertz CT molecular complexity index is 1590. The molecule has 0 unspecified atom stereocenters. The molecule has 182 valence electrons. The molecule has 4 heterocycles. The van der Waals surface area contributed by atoms with E-state index in [4.69, 9.17) is 14.7 Å². The molecule has 1 aliphatic rings. The number of ether oxygens (including phenoxy) is 1. The van der Waals surface area contributed by atoms with Crippen molar-refractivity contribution in [3.63, 3.8) is 0 Å². The van der Waals surface area contributed by atoms with Gasteiger partial charge >= 0.3 is 0 Å². The van der Waals surface area contributed by atoms with E-state index in [1.165, 1.54) is 34.4 Å². The molecule has 9 heteroatoms. The lowest BCUT2D eigenvalue weighted by molar-refractivity contribution is 0.206. The number of fused-ring (bicyclic) bond motifs is 4. The third-order valence-corrected chi connectivity index (χ3v) is 6.75. The number of H-pyrrole nitrogens is 1. The fraction of sp³-hybridized carbons (Fsp3) is 0.259. The van der Waals surface area contributed by atoms with Gasteiger partial charge in [-0.2, -0.15) is 14.6 Å². The van der Waals surface area contributed by atoms with Crippen molar-refractivity contribution in [2.75, 3.05) is 19.0 Å². The predicted molar refractivity (Wildman–Crippen MR) is 137 cm³/mol. The Morgan fingerprint density at radius 3 is 3.00 bits per heavy atom. The number of halogens is 1. The molecule has 1 aromatic carbocycles. The van der Waals surface area contributed by atoms with Crippen LogP contribution >= 0.6 is 0 Å². The van der Waals surface area contributed by atoms with Crippen LogP contribution in [0, 0.1) is 5.82 Å². The first-order valence-corrected chi connectivity index (χ1v) is 12.0. The molecular formula is C27H26FN7O. The van der Waals surface area contributed by atoms with Crippen LogP contribution in [0.25, 0.3) is 33.5 Å². The van der Waals surface area contributed by atoms with Gasteiger partial charge < -0.3 is 15.0 Å². The van der Waals surface area contributed by atoms with E-state index in [2.05, 4.69) is 51.2 Å². The molecule has 0 amide bonds. The van der Waals surface area contributed by atoms with E-state index in [9.17, 15) is 4.39 Å². The van der Waals surface area contributed by atoms with Crippen molar-refractivity contribution < 1.29 is 9.13 Å². The van der Waals surface area contributed by atoms with E-state index >= 15 is 0 Å². The summed E-state index contributed by atoms with van der Waals surface area (Å²) in [4.78, 5) is 17.0. The number of aryl methyl sites for hydroxylation is 1. The maximum absolute atomic E-state index is 14.0. The molecule has 1 atom stereocenters. The minimum Gasteiger partial charge on any atom is -0.384 e. The SMILES string of the molecule is C=C(CCOC)c1cnn2c(N[C@@H]3CCc4[nH]c5ccccc5c4C3)nc(-c3cncc(F)c3)nc12. The van der Waals surface area contributed by atoms with E-state index in [-0.39, 0.29) is 6.04 Å². The average molecular weight is 484 g/mol. The molecule has 1 aliphatic carbocycles. The highest BCUT2D eigenvalue weighted by atomic mass is 19.1. The van der Waals surface area contributed by atoms with Crippen LogP contribution in [0.1, 0.15) is 29.7 Å². The molecule has 8 nitrogen and oxygen atoms in total. The van der Waals surface area contributed by atoms with Crippen LogP contribution in [0.2, 0.25) is 0 Å². The number of para-hydroxylation sites is 1. The lowest BCUT2D eigenvalue weighted by Crippen LogP contribution is -2.29. The molecule has 5 aromatic rings. The van der Waals surface area contributed by atoms with Gasteiger partial charge in [-0.1, -0.05) is 24.8 Å².